The van der Waals surface area contributed by atoms with Crippen LogP contribution in [-0.2, 0) is 14.3 Å². The normalized spacial score (nSPS) is 14.5. The molecule has 0 spiro atoms. The Morgan fingerprint density at radius 2 is 1.68 bits per heavy atom. The van der Waals surface area contributed by atoms with Crippen molar-refractivity contribution in [3.8, 4) is 0 Å². The third-order valence-electron chi connectivity index (χ3n) is 2.75. The Bertz CT molecular complexity index is 289. The lowest BCUT2D eigenvalue weighted by atomic mass is 10.0. The van der Waals surface area contributed by atoms with Crippen LogP contribution in [-0.4, -0.2) is 35.7 Å². The van der Waals surface area contributed by atoms with Gasteiger partial charge in [0.2, 0.25) is 5.91 Å². The highest BCUT2D eigenvalue weighted by Crippen LogP contribution is 2.06. The van der Waals surface area contributed by atoms with Crippen molar-refractivity contribution in [1.29, 1.82) is 0 Å². The Morgan fingerprint density at radius 3 is 2.11 bits per heavy atom. The number of nitrogens with one attached hydrogen (secondary N) is 1. The first-order valence-electron chi connectivity index (χ1n) is 6.88. The van der Waals surface area contributed by atoms with Crippen LogP contribution in [0.5, 0.6) is 0 Å². The highest BCUT2D eigenvalue weighted by Gasteiger charge is 2.23. The largest absolute Gasteiger partial charge is 0.480 e. The Hall–Kier alpha value is -1.10. The van der Waals surface area contributed by atoms with E-state index >= 15 is 0 Å². The molecule has 0 radical (unpaired) electrons. The maximum absolute atomic E-state index is 11.8. The van der Waals surface area contributed by atoms with Crippen molar-refractivity contribution in [2.45, 2.75) is 59.6 Å². The molecule has 2 atom stereocenters. The van der Waals surface area contributed by atoms with E-state index in [2.05, 4.69) is 19.2 Å². The van der Waals surface area contributed by atoms with Crippen LogP contribution in [0, 0.1) is 11.8 Å². The molecule has 0 aromatic carbocycles. The highest BCUT2D eigenvalue weighted by molar-refractivity contribution is 5.86. The van der Waals surface area contributed by atoms with Crippen molar-refractivity contribution in [1.82, 2.24) is 5.32 Å². The maximum atomic E-state index is 11.8. The fourth-order valence-electron chi connectivity index (χ4n) is 1.54. The lowest BCUT2D eigenvalue weighted by Crippen LogP contribution is -2.46. The fourth-order valence-corrected chi connectivity index (χ4v) is 1.54. The Labute approximate surface area is 115 Å². The van der Waals surface area contributed by atoms with Crippen LogP contribution in [0.25, 0.3) is 0 Å². The van der Waals surface area contributed by atoms with Gasteiger partial charge in [-0.25, -0.2) is 4.79 Å². The van der Waals surface area contributed by atoms with Crippen LogP contribution in [0.4, 0.5) is 0 Å². The van der Waals surface area contributed by atoms with Gasteiger partial charge in [0, 0.05) is 6.61 Å². The van der Waals surface area contributed by atoms with Gasteiger partial charge in [-0.2, -0.15) is 0 Å². The summed E-state index contributed by atoms with van der Waals surface area (Å²) >= 11 is 0. The topological polar surface area (TPSA) is 75.6 Å². The molecule has 0 aliphatic rings. The third-order valence-corrected chi connectivity index (χ3v) is 2.75. The third kappa shape index (κ3) is 8.59. The molecule has 0 aromatic rings. The number of rotatable bonds is 9. The summed E-state index contributed by atoms with van der Waals surface area (Å²) in [6.45, 7) is 10.2. The van der Waals surface area contributed by atoms with E-state index in [4.69, 9.17) is 9.84 Å². The number of carboxylic acids is 1. The molecule has 0 fully saturated rings. The minimum atomic E-state index is -1.00. The van der Waals surface area contributed by atoms with Crippen LogP contribution in [0.15, 0.2) is 0 Å². The van der Waals surface area contributed by atoms with Crippen molar-refractivity contribution in [3.05, 3.63) is 0 Å². The van der Waals surface area contributed by atoms with Gasteiger partial charge < -0.3 is 15.2 Å². The summed E-state index contributed by atoms with van der Waals surface area (Å²) in [6.07, 6.45) is 0.680. The van der Waals surface area contributed by atoms with Gasteiger partial charge in [0.15, 0.2) is 0 Å². The Morgan fingerprint density at radius 1 is 1.11 bits per heavy atom. The maximum Gasteiger partial charge on any atom is 0.326 e. The Kier molecular flexibility index (Phi) is 8.39. The summed E-state index contributed by atoms with van der Waals surface area (Å²) in [5.74, 6) is -0.644. The van der Waals surface area contributed by atoms with Crippen molar-refractivity contribution in [3.63, 3.8) is 0 Å². The van der Waals surface area contributed by atoms with Crippen LogP contribution in [0.3, 0.4) is 0 Å². The van der Waals surface area contributed by atoms with Crippen molar-refractivity contribution >= 4 is 11.9 Å². The molecule has 5 heteroatoms. The number of amides is 1. The van der Waals surface area contributed by atoms with Crippen LogP contribution in [0.2, 0.25) is 0 Å². The van der Waals surface area contributed by atoms with Gasteiger partial charge in [0.05, 0.1) is 0 Å². The fraction of sp³-hybridized carbons (Fsp3) is 0.857. The van der Waals surface area contributed by atoms with E-state index in [1.807, 2.05) is 13.8 Å². The number of aliphatic carboxylic acids is 1. The molecule has 19 heavy (non-hydrogen) atoms. The second-order valence-corrected chi connectivity index (χ2v) is 5.72. The number of hydrogen-bond acceptors (Lipinski definition) is 3. The zero-order valence-corrected chi connectivity index (χ0v) is 12.6. The number of ether oxygens (including phenoxy) is 1. The molecule has 0 aromatic heterocycles. The molecule has 1 amide bonds. The molecule has 0 aliphatic carbocycles. The van der Waals surface area contributed by atoms with Gasteiger partial charge in [-0.3, -0.25) is 4.79 Å². The molecule has 2 N–H and O–H groups in total. The smallest absolute Gasteiger partial charge is 0.326 e. The molecule has 0 bridgehead atoms. The van der Waals surface area contributed by atoms with Crippen molar-refractivity contribution < 1.29 is 19.4 Å². The van der Waals surface area contributed by atoms with Crippen LogP contribution >= 0.6 is 0 Å². The molecule has 0 saturated heterocycles. The van der Waals surface area contributed by atoms with Gasteiger partial charge in [0.1, 0.15) is 12.1 Å². The summed E-state index contributed by atoms with van der Waals surface area (Å²) in [5.41, 5.74) is 0. The summed E-state index contributed by atoms with van der Waals surface area (Å²) < 4.78 is 5.40. The van der Waals surface area contributed by atoms with E-state index in [0.717, 1.165) is 6.42 Å². The zero-order chi connectivity index (χ0) is 15.0. The average molecular weight is 273 g/mol. The molecule has 0 rings (SSSR count). The molecule has 112 valence electrons. The number of hydrogen-bond donors (Lipinski definition) is 2. The van der Waals surface area contributed by atoms with E-state index in [9.17, 15) is 9.59 Å². The van der Waals surface area contributed by atoms with E-state index in [1.54, 1.807) is 6.92 Å². The Balaban J connectivity index is 4.20. The van der Waals surface area contributed by atoms with E-state index in [1.165, 1.54) is 0 Å². The zero-order valence-electron chi connectivity index (χ0n) is 12.6. The van der Waals surface area contributed by atoms with Gasteiger partial charge in [-0.1, -0.05) is 27.7 Å². The van der Waals surface area contributed by atoms with E-state index in [-0.39, 0.29) is 11.8 Å². The molecule has 1 unspecified atom stereocenters. The quantitative estimate of drug-likeness (QED) is 0.674. The van der Waals surface area contributed by atoms with Crippen LogP contribution < -0.4 is 5.32 Å². The van der Waals surface area contributed by atoms with Crippen molar-refractivity contribution in [2.24, 2.45) is 11.8 Å². The molecule has 5 nitrogen and oxygen atoms in total. The summed E-state index contributed by atoms with van der Waals surface area (Å²) in [5, 5.41) is 11.6. The number of carboxylic acid groups (broad SMARTS) is 1. The molecule has 0 saturated carbocycles. The van der Waals surface area contributed by atoms with Crippen molar-refractivity contribution in [2.75, 3.05) is 6.61 Å². The number of carbonyl (C=O) groups excluding carboxylic acids is 1. The standard InChI is InChI=1S/C14H27NO4/c1-9(2)6-7-19-11(5)13(16)15-12(14(17)18)8-10(3)4/h9-12H,6-8H2,1-5H3,(H,15,16)(H,17,18)/t11?,12-/m0/s1. The first kappa shape index (κ1) is 17.9. The summed E-state index contributed by atoms with van der Waals surface area (Å²) in [7, 11) is 0. The first-order chi connectivity index (χ1) is 8.73. The molecular weight excluding hydrogens is 246 g/mol. The second kappa shape index (κ2) is 8.91. The lowest BCUT2D eigenvalue weighted by molar-refractivity contribution is -0.144. The first-order valence-corrected chi connectivity index (χ1v) is 6.88. The lowest BCUT2D eigenvalue weighted by Gasteiger charge is -2.19. The number of carbonyl (C=O) groups is 2. The highest BCUT2D eigenvalue weighted by atomic mass is 16.5. The second-order valence-electron chi connectivity index (χ2n) is 5.72. The molecule has 0 heterocycles. The minimum Gasteiger partial charge on any atom is -0.480 e. The summed E-state index contributed by atoms with van der Waals surface area (Å²) in [4.78, 5) is 22.9. The monoisotopic (exact) mass is 273 g/mol. The summed E-state index contributed by atoms with van der Waals surface area (Å²) in [6, 6.07) is -0.844. The van der Waals surface area contributed by atoms with Gasteiger partial charge in [-0.05, 0) is 31.6 Å². The van der Waals surface area contributed by atoms with Gasteiger partial charge in [-0.15, -0.1) is 0 Å². The predicted molar refractivity (Wildman–Crippen MR) is 73.9 cm³/mol. The average Bonchev–Trinajstić information content (AvgIpc) is 2.26. The SMILES string of the molecule is CC(C)CCOC(C)C(=O)N[C@@H](CC(C)C)C(=O)O. The van der Waals surface area contributed by atoms with Gasteiger partial charge >= 0.3 is 5.97 Å². The molecular formula is C14H27NO4. The van der Waals surface area contributed by atoms with E-state index in [0.29, 0.717) is 18.9 Å². The predicted octanol–water partition coefficient (Wildman–Crippen LogP) is 2.05. The van der Waals surface area contributed by atoms with Crippen LogP contribution in [0.1, 0.15) is 47.5 Å². The molecule has 0 aliphatic heterocycles. The van der Waals surface area contributed by atoms with E-state index < -0.39 is 18.1 Å². The van der Waals surface area contributed by atoms with Gasteiger partial charge in [0.25, 0.3) is 0 Å². The minimum absolute atomic E-state index is 0.207.